The van der Waals surface area contributed by atoms with Crippen LogP contribution in [0.15, 0.2) is 12.3 Å². The van der Waals surface area contributed by atoms with Crippen LogP contribution in [0.1, 0.15) is 17.3 Å². The number of nitrogens with zero attached hydrogens (tertiary/aromatic N) is 2. The van der Waals surface area contributed by atoms with E-state index in [9.17, 15) is 14.9 Å². The fourth-order valence-electron chi connectivity index (χ4n) is 1.63. The molecule has 0 aliphatic rings. The molecule has 0 aromatic carbocycles. The average molecular weight is 298 g/mol. The van der Waals surface area contributed by atoms with Gasteiger partial charge in [0.05, 0.1) is 10.5 Å². The minimum absolute atomic E-state index is 0.179. The summed E-state index contributed by atoms with van der Waals surface area (Å²) in [5, 5.41) is 16.3. The van der Waals surface area contributed by atoms with Gasteiger partial charge in [0, 0.05) is 19.7 Å². The van der Waals surface area contributed by atoms with Gasteiger partial charge in [-0.05, 0) is 17.9 Å². The molecule has 1 unspecified atom stereocenters. The van der Waals surface area contributed by atoms with Crippen LogP contribution in [0.25, 0.3) is 0 Å². The van der Waals surface area contributed by atoms with E-state index in [4.69, 9.17) is 0 Å². The lowest BCUT2D eigenvalue weighted by Crippen LogP contribution is -2.29. The van der Waals surface area contributed by atoms with E-state index in [-0.39, 0.29) is 17.2 Å². The lowest BCUT2D eigenvalue weighted by atomic mass is 10.2. The van der Waals surface area contributed by atoms with Crippen molar-refractivity contribution < 1.29 is 9.72 Å². The molecule has 0 fully saturated rings. The van der Waals surface area contributed by atoms with Crippen molar-refractivity contribution in [3.05, 3.63) is 27.9 Å². The van der Waals surface area contributed by atoms with Gasteiger partial charge in [-0.15, -0.1) is 0 Å². The van der Waals surface area contributed by atoms with E-state index in [1.807, 2.05) is 13.2 Å². The van der Waals surface area contributed by atoms with E-state index in [2.05, 4.69) is 15.6 Å². The summed E-state index contributed by atoms with van der Waals surface area (Å²) < 4.78 is 0. The van der Waals surface area contributed by atoms with Crippen molar-refractivity contribution in [2.45, 2.75) is 6.92 Å². The fourth-order valence-corrected chi connectivity index (χ4v) is 2.32. The summed E-state index contributed by atoms with van der Waals surface area (Å²) in [6.07, 6.45) is 3.13. The third-order valence-electron chi connectivity index (χ3n) is 2.63. The summed E-state index contributed by atoms with van der Waals surface area (Å²) in [4.78, 5) is 26.1. The minimum atomic E-state index is -0.570. The summed E-state index contributed by atoms with van der Waals surface area (Å²) >= 11 is 1.71. The Morgan fingerprint density at radius 3 is 2.85 bits per heavy atom. The smallest absolute Gasteiger partial charge is 0.288 e. The van der Waals surface area contributed by atoms with Crippen LogP contribution in [-0.4, -0.2) is 41.4 Å². The van der Waals surface area contributed by atoms with E-state index in [1.54, 1.807) is 18.8 Å². The number of carbonyl (C=O) groups excluding carboxylic acids is 1. The zero-order chi connectivity index (χ0) is 15.1. The average Bonchev–Trinajstić information content (AvgIpc) is 2.44. The molecule has 0 radical (unpaired) electrons. The summed E-state index contributed by atoms with van der Waals surface area (Å²) in [6.45, 7) is 2.55. The first-order valence-electron chi connectivity index (χ1n) is 6.09. The highest BCUT2D eigenvalue weighted by Gasteiger charge is 2.17. The second-order valence-electron chi connectivity index (χ2n) is 4.37. The molecule has 0 aliphatic heterocycles. The molecule has 1 amide bonds. The van der Waals surface area contributed by atoms with Crippen molar-refractivity contribution in [3.8, 4) is 0 Å². The standard InChI is InChI=1S/C12H18N4O3S/c1-8(7-20-3)5-15-12(17)10-4-9(16(18)19)6-14-11(10)13-2/h4,6,8H,5,7H2,1-3H3,(H,13,14)(H,15,17). The van der Waals surface area contributed by atoms with E-state index >= 15 is 0 Å². The topological polar surface area (TPSA) is 97.2 Å². The molecule has 1 aromatic rings. The number of carbonyl (C=O) groups is 1. The highest BCUT2D eigenvalue weighted by atomic mass is 32.2. The number of nitrogens with one attached hydrogen (secondary N) is 2. The van der Waals surface area contributed by atoms with Gasteiger partial charge in [-0.2, -0.15) is 11.8 Å². The normalized spacial score (nSPS) is 11.8. The van der Waals surface area contributed by atoms with Gasteiger partial charge in [-0.3, -0.25) is 14.9 Å². The van der Waals surface area contributed by atoms with Crippen LogP contribution in [0.2, 0.25) is 0 Å². The summed E-state index contributed by atoms with van der Waals surface area (Å²) in [5.74, 6) is 1.23. The van der Waals surface area contributed by atoms with Gasteiger partial charge in [0.1, 0.15) is 12.0 Å². The number of amides is 1. The van der Waals surface area contributed by atoms with Gasteiger partial charge in [-0.1, -0.05) is 6.92 Å². The Kier molecular flexibility index (Phi) is 6.23. The molecule has 7 nitrogen and oxygen atoms in total. The SMILES string of the molecule is CNc1ncc([N+](=O)[O-])cc1C(=O)NCC(C)CSC. The molecule has 0 spiro atoms. The number of aromatic nitrogens is 1. The van der Waals surface area contributed by atoms with Crippen molar-refractivity contribution in [1.29, 1.82) is 0 Å². The maximum Gasteiger partial charge on any atom is 0.288 e. The van der Waals surface area contributed by atoms with Crippen molar-refractivity contribution in [3.63, 3.8) is 0 Å². The zero-order valence-electron chi connectivity index (χ0n) is 11.7. The van der Waals surface area contributed by atoms with Crippen LogP contribution < -0.4 is 10.6 Å². The van der Waals surface area contributed by atoms with Crippen LogP contribution in [-0.2, 0) is 0 Å². The first kappa shape index (κ1) is 16.2. The predicted molar refractivity (Wildman–Crippen MR) is 80.3 cm³/mol. The monoisotopic (exact) mass is 298 g/mol. The van der Waals surface area contributed by atoms with Gasteiger partial charge >= 0.3 is 0 Å². The molecule has 20 heavy (non-hydrogen) atoms. The molecule has 110 valence electrons. The summed E-state index contributed by atoms with van der Waals surface area (Å²) in [6, 6.07) is 1.23. The molecule has 0 aliphatic carbocycles. The Balaban J connectivity index is 2.84. The van der Waals surface area contributed by atoms with Gasteiger partial charge < -0.3 is 10.6 Å². The van der Waals surface area contributed by atoms with Crippen LogP contribution >= 0.6 is 11.8 Å². The predicted octanol–water partition coefficient (Wildman–Crippen LogP) is 1.76. The molecular formula is C12H18N4O3S. The first-order chi connectivity index (χ1) is 9.49. The van der Waals surface area contributed by atoms with E-state index < -0.39 is 4.92 Å². The van der Waals surface area contributed by atoms with E-state index in [0.29, 0.717) is 18.3 Å². The quantitative estimate of drug-likeness (QED) is 0.588. The first-order valence-corrected chi connectivity index (χ1v) is 7.48. The number of pyridine rings is 1. The van der Waals surface area contributed by atoms with Gasteiger partial charge in [0.2, 0.25) is 0 Å². The summed E-state index contributed by atoms with van der Waals surface area (Å²) in [7, 11) is 1.61. The minimum Gasteiger partial charge on any atom is -0.372 e. The van der Waals surface area contributed by atoms with E-state index in [1.165, 1.54) is 6.07 Å². The third-order valence-corrected chi connectivity index (χ3v) is 3.53. The number of hydrogen-bond donors (Lipinski definition) is 2. The lowest BCUT2D eigenvalue weighted by Gasteiger charge is -2.12. The summed E-state index contributed by atoms with van der Waals surface area (Å²) in [5.41, 5.74) is -0.0237. The largest absolute Gasteiger partial charge is 0.372 e. The highest BCUT2D eigenvalue weighted by Crippen LogP contribution is 2.18. The van der Waals surface area contributed by atoms with Crippen molar-refractivity contribution in [2.24, 2.45) is 5.92 Å². The lowest BCUT2D eigenvalue weighted by molar-refractivity contribution is -0.385. The molecule has 0 bridgehead atoms. The van der Waals surface area contributed by atoms with Crippen LogP contribution in [0, 0.1) is 16.0 Å². The van der Waals surface area contributed by atoms with E-state index in [0.717, 1.165) is 11.9 Å². The molecule has 1 heterocycles. The second-order valence-corrected chi connectivity index (χ2v) is 5.28. The van der Waals surface area contributed by atoms with Crippen LogP contribution in [0.5, 0.6) is 0 Å². The maximum absolute atomic E-state index is 12.1. The van der Waals surface area contributed by atoms with Gasteiger partial charge in [0.25, 0.3) is 11.6 Å². The number of nitro groups is 1. The second kappa shape index (κ2) is 7.68. The Bertz CT molecular complexity index is 496. The zero-order valence-corrected chi connectivity index (χ0v) is 12.5. The molecule has 2 N–H and O–H groups in total. The van der Waals surface area contributed by atoms with Crippen LogP contribution in [0.3, 0.4) is 0 Å². The Morgan fingerprint density at radius 2 is 2.30 bits per heavy atom. The number of anilines is 1. The third kappa shape index (κ3) is 4.37. The molecule has 1 atom stereocenters. The number of rotatable bonds is 7. The highest BCUT2D eigenvalue weighted by molar-refractivity contribution is 7.98. The molecule has 1 aromatic heterocycles. The van der Waals surface area contributed by atoms with Crippen molar-refractivity contribution in [2.75, 3.05) is 30.9 Å². The molecule has 1 rings (SSSR count). The Morgan fingerprint density at radius 1 is 1.60 bits per heavy atom. The Hall–Kier alpha value is -1.83. The molecule has 8 heteroatoms. The number of hydrogen-bond acceptors (Lipinski definition) is 6. The molecule has 0 saturated carbocycles. The van der Waals surface area contributed by atoms with Crippen molar-refractivity contribution >= 4 is 29.2 Å². The molecular weight excluding hydrogens is 280 g/mol. The Labute approximate surface area is 121 Å². The van der Waals surface area contributed by atoms with Gasteiger partial charge in [0.15, 0.2) is 0 Å². The fraction of sp³-hybridized carbons (Fsp3) is 0.500. The van der Waals surface area contributed by atoms with Crippen LogP contribution in [0.4, 0.5) is 11.5 Å². The molecule has 0 saturated heterocycles. The number of thioether (sulfide) groups is 1. The maximum atomic E-state index is 12.1. The van der Waals surface area contributed by atoms with Gasteiger partial charge in [-0.25, -0.2) is 4.98 Å². The van der Waals surface area contributed by atoms with Crippen molar-refractivity contribution in [1.82, 2.24) is 10.3 Å².